The minimum atomic E-state index is 0.622. The lowest BCUT2D eigenvalue weighted by molar-refractivity contribution is 0.410. The van der Waals surface area contributed by atoms with Crippen molar-refractivity contribution in [2.75, 3.05) is 24.3 Å². The van der Waals surface area contributed by atoms with Gasteiger partial charge in [-0.3, -0.25) is 0 Å². The average molecular weight is 354 g/mol. The van der Waals surface area contributed by atoms with Gasteiger partial charge in [-0.25, -0.2) is 4.98 Å². The number of rotatable bonds is 7. The second-order valence-corrected chi connectivity index (χ2v) is 5.99. The van der Waals surface area contributed by atoms with E-state index in [2.05, 4.69) is 22.2 Å². The van der Waals surface area contributed by atoms with Gasteiger partial charge >= 0.3 is 0 Å². The number of ether oxygens (including phenoxy) is 1. The summed E-state index contributed by atoms with van der Waals surface area (Å²) in [4.78, 5) is 4.68. The number of halogens is 1. The van der Waals surface area contributed by atoms with E-state index in [4.69, 9.17) is 16.3 Å². The summed E-state index contributed by atoms with van der Waals surface area (Å²) < 4.78 is 5.40. The molecule has 0 radical (unpaired) electrons. The zero-order valence-electron chi connectivity index (χ0n) is 14.1. The molecule has 0 fully saturated rings. The van der Waals surface area contributed by atoms with E-state index in [9.17, 15) is 0 Å². The number of para-hydroxylation sites is 1. The van der Waals surface area contributed by atoms with Crippen LogP contribution in [-0.4, -0.2) is 18.6 Å². The standard InChI is InChI=1S/C20H20ClN3O/c1-3-10-22-18-12-20(24-17-9-8-15(21)11-16(17)18)23-13-14-6-4-5-7-19(14)25-2/h3-9,11-12H,1,10,13H2,2H3,(H2,22,23,24). The van der Waals surface area contributed by atoms with Gasteiger partial charge in [0.05, 0.1) is 12.6 Å². The van der Waals surface area contributed by atoms with Crippen molar-refractivity contribution >= 4 is 34.0 Å². The van der Waals surface area contributed by atoms with Crippen LogP contribution >= 0.6 is 11.6 Å². The molecule has 0 saturated heterocycles. The van der Waals surface area contributed by atoms with Crippen LogP contribution in [0, 0.1) is 0 Å². The van der Waals surface area contributed by atoms with E-state index in [0.29, 0.717) is 18.1 Å². The van der Waals surface area contributed by atoms with E-state index >= 15 is 0 Å². The number of aromatic nitrogens is 1. The van der Waals surface area contributed by atoms with Crippen LogP contribution in [0.3, 0.4) is 0 Å². The molecule has 0 amide bonds. The van der Waals surface area contributed by atoms with Crippen molar-refractivity contribution in [3.8, 4) is 5.75 Å². The summed E-state index contributed by atoms with van der Waals surface area (Å²) in [5.41, 5.74) is 2.92. The van der Waals surface area contributed by atoms with Gasteiger partial charge in [0.1, 0.15) is 11.6 Å². The predicted molar refractivity (Wildman–Crippen MR) is 106 cm³/mol. The molecule has 3 rings (SSSR count). The molecular weight excluding hydrogens is 334 g/mol. The first-order valence-corrected chi connectivity index (χ1v) is 8.40. The van der Waals surface area contributed by atoms with Gasteiger partial charge in [0.15, 0.2) is 0 Å². The zero-order chi connectivity index (χ0) is 17.6. The number of pyridine rings is 1. The van der Waals surface area contributed by atoms with Gasteiger partial charge in [0.2, 0.25) is 0 Å². The fourth-order valence-electron chi connectivity index (χ4n) is 2.65. The fourth-order valence-corrected chi connectivity index (χ4v) is 2.82. The molecule has 1 aromatic heterocycles. The Balaban J connectivity index is 1.90. The van der Waals surface area contributed by atoms with Crippen molar-refractivity contribution in [3.63, 3.8) is 0 Å². The van der Waals surface area contributed by atoms with E-state index in [1.165, 1.54) is 0 Å². The van der Waals surface area contributed by atoms with Crippen LogP contribution < -0.4 is 15.4 Å². The quantitative estimate of drug-likeness (QED) is 0.579. The summed E-state index contributed by atoms with van der Waals surface area (Å²) in [6.45, 7) is 5.04. The molecule has 128 valence electrons. The molecule has 2 N–H and O–H groups in total. The van der Waals surface area contributed by atoms with Crippen LogP contribution in [0.2, 0.25) is 5.02 Å². The molecule has 4 nitrogen and oxygen atoms in total. The first-order chi connectivity index (χ1) is 12.2. The van der Waals surface area contributed by atoms with Crippen LogP contribution in [0.1, 0.15) is 5.56 Å². The number of methoxy groups -OCH3 is 1. The van der Waals surface area contributed by atoms with Crippen LogP contribution in [-0.2, 0) is 6.54 Å². The first-order valence-electron chi connectivity index (χ1n) is 8.02. The smallest absolute Gasteiger partial charge is 0.128 e. The molecule has 2 aromatic carbocycles. The third-order valence-corrected chi connectivity index (χ3v) is 4.10. The van der Waals surface area contributed by atoms with E-state index < -0.39 is 0 Å². The summed E-state index contributed by atoms with van der Waals surface area (Å²) in [5, 5.41) is 8.38. The molecule has 0 aliphatic heterocycles. The highest BCUT2D eigenvalue weighted by atomic mass is 35.5. The van der Waals surface area contributed by atoms with Crippen LogP contribution in [0.15, 0.2) is 61.2 Å². The lowest BCUT2D eigenvalue weighted by Gasteiger charge is -2.13. The molecule has 0 saturated carbocycles. The molecule has 3 aromatic rings. The van der Waals surface area contributed by atoms with E-state index in [1.54, 1.807) is 7.11 Å². The maximum Gasteiger partial charge on any atom is 0.128 e. The summed E-state index contributed by atoms with van der Waals surface area (Å²) in [7, 11) is 1.67. The van der Waals surface area contributed by atoms with Crippen LogP contribution in [0.5, 0.6) is 5.75 Å². The molecule has 0 spiro atoms. The summed E-state index contributed by atoms with van der Waals surface area (Å²) in [6, 6.07) is 15.6. The summed E-state index contributed by atoms with van der Waals surface area (Å²) in [6.07, 6.45) is 1.82. The van der Waals surface area contributed by atoms with Gasteiger partial charge in [0.25, 0.3) is 0 Å². The minimum Gasteiger partial charge on any atom is -0.496 e. The molecule has 25 heavy (non-hydrogen) atoms. The minimum absolute atomic E-state index is 0.622. The lowest BCUT2D eigenvalue weighted by Crippen LogP contribution is -2.05. The molecule has 0 atom stereocenters. The number of nitrogens with zero attached hydrogens (tertiary/aromatic N) is 1. The fraction of sp³-hybridized carbons (Fsp3) is 0.150. The lowest BCUT2D eigenvalue weighted by atomic mass is 10.1. The number of fused-ring (bicyclic) bond motifs is 1. The van der Waals surface area contributed by atoms with Crippen molar-refractivity contribution in [2.24, 2.45) is 0 Å². The predicted octanol–water partition coefficient (Wildman–Crippen LogP) is 5.11. The molecular formula is C20H20ClN3O. The number of anilines is 2. The Hall–Kier alpha value is -2.72. The van der Waals surface area contributed by atoms with Crippen LogP contribution in [0.25, 0.3) is 10.9 Å². The van der Waals surface area contributed by atoms with E-state index in [0.717, 1.165) is 33.7 Å². The maximum absolute atomic E-state index is 6.13. The Bertz CT molecular complexity index is 895. The molecule has 0 aliphatic carbocycles. The van der Waals surface area contributed by atoms with Crippen molar-refractivity contribution in [1.29, 1.82) is 0 Å². The molecule has 0 bridgehead atoms. The average Bonchev–Trinajstić information content (AvgIpc) is 2.64. The van der Waals surface area contributed by atoms with Gasteiger partial charge in [-0.15, -0.1) is 6.58 Å². The van der Waals surface area contributed by atoms with E-state index in [-0.39, 0.29) is 0 Å². The van der Waals surface area contributed by atoms with Gasteiger partial charge in [0, 0.05) is 40.8 Å². The van der Waals surface area contributed by atoms with E-state index in [1.807, 2.05) is 54.6 Å². The second kappa shape index (κ2) is 7.90. The highest BCUT2D eigenvalue weighted by Crippen LogP contribution is 2.28. The van der Waals surface area contributed by atoms with Gasteiger partial charge in [-0.2, -0.15) is 0 Å². The summed E-state index contributed by atoms with van der Waals surface area (Å²) in [5.74, 6) is 1.64. The highest BCUT2D eigenvalue weighted by molar-refractivity contribution is 6.31. The monoisotopic (exact) mass is 353 g/mol. The first kappa shape index (κ1) is 17.1. The third-order valence-electron chi connectivity index (χ3n) is 3.86. The Kier molecular flexibility index (Phi) is 5.41. The van der Waals surface area contributed by atoms with Crippen molar-refractivity contribution in [3.05, 3.63) is 71.8 Å². The Morgan fingerprint density at radius 3 is 2.80 bits per heavy atom. The molecule has 1 heterocycles. The normalized spacial score (nSPS) is 10.5. The SMILES string of the molecule is C=CCNc1cc(NCc2ccccc2OC)nc2ccc(Cl)cc12. The topological polar surface area (TPSA) is 46.2 Å². The Morgan fingerprint density at radius 1 is 1.16 bits per heavy atom. The number of benzene rings is 2. The van der Waals surface area contributed by atoms with Gasteiger partial charge < -0.3 is 15.4 Å². The maximum atomic E-state index is 6.13. The highest BCUT2D eigenvalue weighted by Gasteiger charge is 2.08. The van der Waals surface area contributed by atoms with Gasteiger partial charge in [-0.1, -0.05) is 35.9 Å². The Labute approximate surface area is 152 Å². The number of nitrogens with one attached hydrogen (secondary N) is 2. The Morgan fingerprint density at radius 2 is 2.00 bits per heavy atom. The second-order valence-electron chi connectivity index (χ2n) is 5.55. The van der Waals surface area contributed by atoms with Crippen molar-refractivity contribution in [1.82, 2.24) is 4.98 Å². The van der Waals surface area contributed by atoms with Crippen LogP contribution in [0.4, 0.5) is 11.5 Å². The molecule has 5 heteroatoms. The van der Waals surface area contributed by atoms with Crippen molar-refractivity contribution in [2.45, 2.75) is 6.54 Å². The summed E-state index contributed by atoms with van der Waals surface area (Å²) >= 11 is 6.13. The zero-order valence-corrected chi connectivity index (χ0v) is 14.8. The number of hydrogen-bond donors (Lipinski definition) is 2. The van der Waals surface area contributed by atoms with Crippen molar-refractivity contribution < 1.29 is 4.74 Å². The van der Waals surface area contributed by atoms with Gasteiger partial charge in [-0.05, 0) is 24.3 Å². The number of hydrogen-bond acceptors (Lipinski definition) is 4. The molecule has 0 unspecified atom stereocenters. The third kappa shape index (κ3) is 4.03. The largest absolute Gasteiger partial charge is 0.496 e. The molecule has 0 aliphatic rings.